The van der Waals surface area contributed by atoms with Crippen LogP contribution >= 0.6 is 27.3 Å². The Morgan fingerprint density at radius 3 is 2.86 bits per heavy atom. The number of benzene rings is 1. The zero-order valence-corrected chi connectivity index (χ0v) is 17.3. The van der Waals surface area contributed by atoms with Crippen molar-refractivity contribution in [2.24, 2.45) is 0 Å². The van der Waals surface area contributed by atoms with Crippen LogP contribution in [0.2, 0.25) is 0 Å². The molecule has 2 heterocycles. The lowest BCUT2D eigenvalue weighted by atomic mass is 10.2. The molecule has 3 rings (SSSR count). The quantitative estimate of drug-likeness (QED) is 0.238. The number of nitrogens with zero attached hydrogens (tertiary/aromatic N) is 3. The van der Waals surface area contributed by atoms with Gasteiger partial charge in [-0.05, 0) is 34.5 Å². The number of aromatic nitrogens is 2. The van der Waals surface area contributed by atoms with Crippen LogP contribution in [-0.2, 0) is 9.47 Å². The van der Waals surface area contributed by atoms with Crippen LogP contribution < -0.4 is 5.32 Å². The van der Waals surface area contributed by atoms with Gasteiger partial charge in [-0.2, -0.15) is 0 Å². The molecule has 0 fully saturated rings. The van der Waals surface area contributed by atoms with Crippen LogP contribution in [0.1, 0.15) is 15.2 Å². The van der Waals surface area contributed by atoms with E-state index in [0.29, 0.717) is 43.2 Å². The minimum Gasteiger partial charge on any atom is -0.459 e. The van der Waals surface area contributed by atoms with E-state index in [9.17, 15) is 14.9 Å². The molecule has 3 aromatic rings. The molecular weight excluding hydrogens is 452 g/mol. The molecule has 0 atom stereocenters. The third-order valence-electron chi connectivity index (χ3n) is 3.85. The molecule has 1 aromatic carbocycles. The lowest BCUT2D eigenvalue weighted by Gasteiger charge is -2.09. The van der Waals surface area contributed by atoms with E-state index in [2.05, 4.69) is 31.2 Å². The van der Waals surface area contributed by atoms with Gasteiger partial charge < -0.3 is 14.8 Å². The number of halogens is 1. The van der Waals surface area contributed by atoms with Crippen LogP contribution in [-0.4, -0.2) is 41.2 Å². The summed E-state index contributed by atoms with van der Waals surface area (Å²) < 4.78 is 10.7. The fraction of sp³-hybridized carbons (Fsp3) is 0.235. The van der Waals surface area contributed by atoms with Crippen molar-refractivity contribution in [3.05, 3.63) is 49.6 Å². The molecule has 28 heavy (non-hydrogen) atoms. The minimum atomic E-state index is -0.475. The predicted octanol–water partition coefficient (Wildman–Crippen LogP) is 4.22. The first-order valence-electron chi connectivity index (χ1n) is 8.03. The number of nitro groups is 1. The Hall–Kier alpha value is -2.63. The smallest absolute Gasteiger partial charge is 0.348 e. The van der Waals surface area contributed by atoms with Gasteiger partial charge in [0.05, 0.1) is 22.6 Å². The second kappa shape index (κ2) is 8.59. The van der Waals surface area contributed by atoms with Gasteiger partial charge in [-0.1, -0.05) is 0 Å². The van der Waals surface area contributed by atoms with E-state index in [1.807, 2.05) is 0 Å². The third-order valence-corrected chi connectivity index (χ3v) is 5.72. The number of methoxy groups -OCH3 is 1. The van der Waals surface area contributed by atoms with Crippen molar-refractivity contribution in [3.63, 3.8) is 0 Å². The van der Waals surface area contributed by atoms with Crippen LogP contribution in [0.3, 0.4) is 0 Å². The summed E-state index contributed by atoms with van der Waals surface area (Å²) in [4.78, 5) is 32.4. The Labute approximate surface area is 172 Å². The number of aryl methyl sites for hydroxylation is 1. The summed E-state index contributed by atoms with van der Waals surface area (Å²) in [5, 5.41) is 14.8. The molecule has 0 spiro atoms. The van der Waals surface area contributed by atoms with E-state index in [-0.39, 0.29) is 12.3 Å². The fourth-order valence-electron chi connectivity index (χ4n) is 2.49. The molecule has 0 aliphatic carbocycles. The number of fused-ring (bicyclic) bond motifs is 1. The Balaban J connectivity index is 1.98. The van der Waals surface area contributed by atoms with Gasteiger partial charge in [-0.25, -0.2) is 14.8 Å². The number of thiophene rings is 1. The highest BCUT2D eigenvalue weighted by Crippen LogP contribution is 2.36. The molecule has 9 nitrogen and oxygen atoms in total. The SMILES string of the molecule is COCCOC(=O)c1sc2ncnc(Nc3cc([N+](=O)[O-])ccc3Br)c2c1C. The van der Waals surface area contributed by atoms with Crippen molar-refractivity contribution < 1.29 is 19.2 Å². The average molecular weight is 467 g/mol. The van der Waals surface area contributed by atoms with E-state index < -0.39 is 10.9 Å². The van der Waals surface area contributed by atoms with Crippen molar-refractivity contribution in [1.29, 1.82) is 0 Å². The van der Waals surface area contributed by atoms with Gasteiger partial charge in [-0.15, -0.1) is 11.3 Å². The maximum absolute atomic E-state index is 12.3. The highest BCUT2D eigenvalue weighted by atomic mass is 79.9. The maximum atomic E-state index is 12.3. The number of nitrogens with one attached hydrogen (secondary N) is 1. The van der Waals surface area contributed by atoms with Gasteiger partial charge in [0, 0.05) is 23.7 Å². The Morgan fingerprint density at radius 1 is 1.36 bits per heavy atom. The summed E-state index contributed by atoms with van der Waals surface area (Å²) in [5.74, 6) is -0.0177. The van der Waals surface area contributed by atoms with E-state index in [0.717, 1.165) is 0 Å². The van der Waals surface area contributed by atoms with E-state index in [4.69, 9.17) is 9.47 Å². The number of ether oxygens (including phenoxy) is 2. The molecule has 0 radical (unpaired) electrons. The van der Waals surface area contributed by atoms with Crippen LogP contribution in [0.4, 0.5) is 17.2 Å². The number of non-ortho nitro benzene ring substituents is 1. The summed E-state index contributed by atoms with van der Waals surface area (Å²) in [6, 6.07) is 4.38. The van der Waals surface area contributed by atoms with Crippen LogP contribution in [0.5, 0.6) is 0 Å². The molecule has 0 amide bonds. The largest absolute Gasteiger partial charge is 0.459 e. The number of carbonyl (C=O) groups excluding carboxylic acids is 1. The van der Waals surface area contributed by atoms with Crippen LogP contribution in [0.25, 0.3) is 10.2 Å². The topological polar surface area (TPSA) is 116 Å². The number of hydrogen-bond acceptors (Lipinski definition) is 9. The molecule has 0 saturated heterocycles. The van der Waals surface area contributed by atoms with Gasteiger partial charge in [-0.3, -0.25) is 10.1 Å². The van der Waals surface area contributed by atoms with Gasteiger partial charge >= 0.3 is 5.97 Å². The fourth-order valence-corrected chi connectivity index (χ4v) is 3.88. The average Bonchev–Trinajstić information content (AvgIpc) is 3.01. The van der Waals surface area contributed by atoms with Gasteiger partial charge in [0.1, 0.15) is 28.5 Å². The van der Waals surface area contributed by atoms with Crippen molar-refractivity contribution >= 4 is 60.6 Å². The zero-order chi connectivity index (χ0) is 20.3. The number of hydrogen-bond donors (Lipinski definition) is 1. The Morgan fingerprint density at radius 2 is 2.14 bits per heavy atom. The number of rotatable bonds is 7. The van der Waals surface area contributed by atoms with Crippen molar-refractivity contribution in [2.75, 3.05) is 25.6 Å². The summed E-state index contributed by atoms with van der Waals surface area (Å²) in [6.45, 7) is 2.24. The van der Waals surface area contributed by atoms with Gasteiger partial charge in [0.25, 0.3) is 5.69 Å². The standard InChI is InChI=1S/C17H15BrN4O5S/c1-9-13-15(21-12-7-10(22(24)25)3-4-11(12)18)19-8-20-16(13)28-14(9)17(23)27-6-5-26-2/h3-4,7-8H,5-6H2,1-2H3,(H,19,20,21). The number of nitro benzene ring substituents is 1. The van der Waals surface area contributed by atoms with Crippen molar-refractivity contribution in [2.45, 2.75) is 6.92 Å². The molecular formula is C17H15BrN4O5S. The summed E-state index contributed by atoms with van der Waals surface area (Å²) in [6.07, 6.45) is 1.37. The van der Waals surface area contributed by atoms with E-state index >= 15 is 0 Å². The normalized spacial score (nSPS) is 10.8. The molecule has 146 valence electrons. The predicted molar refractivity (Wildman–Crippen MR) is 108 cm³/mol. The second-order valence-electron chi connectivity index (χ2n) is 5.63. The summed E-state index contributed by atoms with van der Waals surface area (Å²) in [7, 11) is 1.53. The summed E-state index contributed by atoms with van der Waals surface area (Å²) >= 11 is 4.57. The first-order valence-corrected chi connectivity index (χ1v) is 9.64. The van der Waals surface area contributed by atoms with Crippen LogP contribution in [0, 0.1) is 17.0 Å². The van der Waals surface area contributed by atoms with Gasteiger partial charge in [0.2, 0.25) is 0 Å². The molecule has 0 aliphatic heterocycles. The zero-order valence-electron chi connectivity index (χ0n) is 14.9. The first kappa shape index (κ1) is 20.1. The maximum Gasteiger partial charge on any atom is 0.348 e. The number of esters is 1. The molecule has 2 aromatic heterocycles. The van der Waals surface area contributed by atoms with Crippen molar-refractivity contribution in [3.8, 4) is 0 Å². The number of anilines is 2. The number of carbonyl (C=O) groups is 1. The first-order chi connectivity index (χ1) is 13.4. The summed E-state index contributed by atoms with van der Waals surface area (Å²) in [5.41, 5.74) is 1.09. The molecule has 0 aliphatic rings. The molecule has 1 N–H and O–H groups in total. The Bertz CT molecular complexity index is 1060. The highest BCUT2D eigenvalue weighted by Gasteiger charge is 2.21. The third kappa shape index (κ3) is 4.11. The van der Waals surface area contributed by atoms with Crippen LogP contribution in [0.15, 0.2) is 29.0 Å². The van der Waals surface area contributed by atoms with E-state index in [1.165, 1.54) is 36.9 Å². The van der Waals surface area contributed by atoms with E-state index in [1.54, 1.807) is 13.0 Å². The Kier molecular flexibility index (Phi) is 6.17. The minimum absolute atomic E-state index is 0.0551. The molecule has 0 saturated carbocycles. The second-order valence-corrected chi connectivity index (χ2v) is 7.49. The lowest BCUT2D eigenvalue weighted by molar-refractivity contribution is -0.384. The molecule has 0 bridgehead atoms. The molecule has 0 unspecified atom stereocenters. The van der Waals surface area contributed by atoms with Crippen molar-refractivity contribution in [1.82, 2.24) is 9.97 Å². The monoisotopic (exact) mass is 466 g/mol. The highest BCUT2D eigenvalue weighted by molar-refractivity contribution is 9.10. The van der Waals surface area contributed by atoms with Gasteiger partial charge in [0.15, 0.2) is 0 Å². The molecule has 11 heteroatoms. The lowest BCUT2D eigenvalue weighted by Crippen LogP contribution is -2.09.